The first-order chi connectivity index (χ1) is 8.77. The highest BCUT2D eigenvalue weighted by Crippen LogP contribution is 2.00. The summed E-state index contributed by atoms with van der Waals surface area (Å²) in [5.74, 6) is -0.236. The summed E-state index contributed by atoms with van der Waals surface area (Å²) in [6, 6.07) is 6.32. The summed E-state index contributed by atoms with van der Waals surface area (Å²) in [4.78, 5) is 0. The van der Waals surface area contributed by atoms with Crippen molar-refractivity contribution in [2.45, 2.75) is 39.5 Å². The second kappa shape index (κ2) is 9.12. The van der Waals surface area contributed by atoms with Gasteiger partial charge in [-0.25, -0.2) is 4.39 Å². The highest BCUT2D eigenvalue weighted by Gasteiger charge is 2.20. The molecule has 0 saturated carbocycles. The Bertz CT molecular complexity index is 306. The fourth-order valence-corrected chi connectivity index (χ4v) is 1.53. The van der Waals surface area contributed by atoms with Crippen LogP contribution in [0.5, 0.6) is 0 Å². The van der Waals surface area contributed by atoms with E-state index in [-0.39, 0.29) is 12.9 Å². The number of halogens is 1. The van der Waals surface area contributed by atoms with Crippen molar-refractivity contribution in [2.24, 2.45) is 0 Å². The van der Waals surface area contributed by atoms with E-state index in [4.69, 9.17) is 9.31 Å². The minimum Gasteiger partial charge on any atom is -0.407 e. The van der Waals surface area contributed by atoms with Gasteiger partial charge in [-0.1, -0.05) is 38.8 Å². The van der Waals surface area contributed by atoms with Crippen LogP contribution in [0.2, 0.25) is 0 Å². The normalized spacial score (nSPS) is 10.6. The topological polar surface area (TPSA) is 18.5 Å². The summed E-state index contributed by atoms with van der Waals surface area (Å²) in [6.45, 7) is 5.58. The molecule has 0 fully saturated rings. The maximum absolute atomic E-state index is 12.9. The van der Waals surface area contributed by atoms with Crippen LogP contribution in [0.25, 0.3) is 0 Å². The predicted molar refractivity (Wildman–Crippen MR) is 73.5 cm³/mol. The molecule has 0 aliphatic heterocycles. The zero-order valence-corrected chi connectivity index (χ0v) is 11.3. The van der Waals surface area contributed by atoms with Crippen LogP contribution in [-0.2, 0) is 9.31 Å². The van der Waals surface area contributed by atoms with E-state index in [1.807, 2.05) is 0 Å². The summed E-state index contributed by atoms with van der Waals surface area (Å²) >= 11 is 0. The van der Waals surface area contributed by atoms with Gasteiger partial charge in [-0.2, -0.15) is 0 Å². The van der Waals surface area contributed by atoms with E-state index in [1.165, 1.54) is 12.1 Å². The van der Waals surface area contributed by atoms with Crippen molar-refractivity contribution in [3.63, 3.8) is 0 Å². The van der Waals surface area contributed by atoms with Crippen LogP contribution < -0.4 is 5.46 Å². The Morgan fingerprint density at radius 3 is 1.89 bits per heavy atom. The van der Waals surface area contributed by atoms with Gasteiger partial charge in [-0.15, -0.1) is 0 Å². The van der Waals surface area contributed by atoms with Crippen molar-refractivity contribution in [2.75, 3.05) is 13.2 Å². The highest BCUT2D eigenvalue weighted by molar-refractivity contribution is 6.61. The fourth-order valence-electron chi connectivity index (χ4n) is 1.53. The standard InChI is InChI=1S/C14H22BFO2/c1-3-5-11-17-15(18-12-6-4-2)13-7-9-14(16)10-8-13/h7-10H,3-6,11-12H2,1-2H3. The molecule has 1 aromatic carbocycles. The quantitative estimate of drug-likeness (QED) is 0.496. The maximum Gasteiger partial charge on any atom is 0.493 e. The first-order valence-electron chi connectivity index (χ1n) is 6.76. The molecule has 0 atom stereocenters. The number of unbranched alkanes of at least 4 members (excludes halogenated alkanes) is 2. The number of benzene rings is 1. The lowest BCUT2D eigenvalue weighted by Crippen LogP contribution is -2.37. The molecule has 0 saturated heterocycles. The molecule has 0 N–H and O–H groups in total. The molecule has 0 amide bonds. The third-order valence-corrected chi connectivity index (χ3v) is 2.68. The van der Waals surface area contributed by atoms with E-state index in [0.717, 1.165) is 31.1 Å². The Morgan fingerprint density at radius 2 is 1.44 bits per heavy atom. The summed E-state index contributed by atoms with van der Waals surface area (Å²) in [7, 11) is -0.372. The fraction of sp³-hybridized carbons (Fsp3) is 0.571. The molecule has 0 radical (unpaired) electrons. The van der Waals surface area contributed by atoms with E-state index in [1.54, 1.807) is 12.1 Å². The lowest BCUT2D eigenvalue weighted by atomic mass is 9.78. The van der Waals surface area contributed by atoms with Gasteiger partial charge in [0.05, 0.1) is 0 Å². The Morgan fingerprint density at radius 1 is 0.944 bits per heavy atom. The molecule has 0 heterocycles. The molecule has 0 aromatic heterocycles. The number of hydrogen-bond acceptors (Lipinski definition) is 2. The lowest BCUT2D eigenvalue weighted by Gasteiger charge is -2.14. The molecule has 100 valence electrons. The average molecular weight is 252 g/mol. The number of hydrogen-bond donors (Lipinski definition) is 0. The monoisotopic (exact) mass is 252 g/mol. The second-order valence-corrected chi connectivity index (χ2v) is 4.33. The van der Waals surface area contributed by atoms with Crippen molar-refractivity contribution < 1.29 is 13.7 Å². The third-order valence-electron chi connectivity index (χ3n) is 2.68. The van der Waals surface area contributed by atoms with Crippen LogP contribution in [0, 0.1) is 5.82 Å². The molecule has 0 aliphatic rings. The van der Waals surface area contributed by atoms with Crippen molar-refractivity contribution in [1.82, 2.24) is 0 Å². The van der Waals surface area contributed by atoms with E-state index in [2.05, 4.69) is 13.8 Å². The molecule has 0 aliphatic carbocycles. The predicted octanol–water partition coefficient (Wildman–Crippen LogP) is 3.15. The lowest BCUT2D eigenvalue weighted by molar-refractivity contribution is 0.202. The van der Waals surface area contributed by atoms with E-state index in [9.17, 15) is 4.39 Å². The summed E-state index contributed by atoms with van der Waals surface area (Å²) in [5, 5.41) is 0. The zero-order chi connectivity index (χ0) is 13.2. The smallest absolute Gasteiger partial charge is 0.407 e. The Labute approximate surface area is 110 Å². The molecular weight excluding hydrogens is 230 g/mol. The van der Waals surface area contributed by atoms with Gasteiger partial charge in [0.2, 0.25) is 0 Å². The van der Waals surface area contributed by atoms with Gasteiger partial charge < -0.3 is 9.31 Å². The Hall–Kier alpha value is -0.865. The van der Waals surface area contributed by atoms with Crippen molar-refractivity contribution >= 4 is 12.6 Å². The molecule has 1 rings (SSSR count). The van der Waals surface area contributed by atoms with Crippen molar-refractivity contribution in [3.05, 3.63) is 30.1 Å². The van der Waals surface area contributed by atoms with Crippen LogP contribution in [0.15, 0.2) is 24.3 Å². The van der Waals surface area contributed by atoms with Crippen LogP contribution in [-0.4, -0.2) is 20.3 Å². The van der Waals surface area contributed by atoms with E-state index >= 15 is 0 Å². The van der Waals surface area contributed by atoms with E-state index in [0.29, 0.717) is 13.2 Å². The minimum absolute atomic E-state index is 0.236. The van der Waals surface area contributed by atoms with Gasteiger partial charge >= 0.3 is 7.12 Å². The highest BCUT2D eigenvalue weighted by atomic mass is 19.1. The van der Waals surface area contributed by atoms with Gasteiger partial charge in [0.1, 0.15) is 5.82 Å². The van der Waals surface area contributed by atoms with Gasteiger partial charge in [-0.3, -0.25) is 0 Å². The zero-order valence-electron chi connectivity index (χ0n) is 11.3. The van der Waals surface area contributed by atoms with Crippen molar-refractivity contribution in [1.29, 1.82) is 0 Å². The molecule has 4 heteroatoms. The van der Waals surface area contributed by atoms with Gasteiger partial charge in [0.25, 0.3) is 0 Å². The van der Waals surface area contributed by atoms with Crippen LogP contribution in [0.4, 0.5) is 4.39 Å². The van der Waals surface area contributed by atoms with Gasteiger partial charge in [-0.05, 0) is 30.4 Å². The van der Waals surface area contributed by atoms with Crippen LogP contribution in [0.3, 0.4) is 0 Å². The molecule has 0 unspecified atom stereocenters. The van der Waals surface area contributed by atoms with Gasteiger partial charge in [0.15, 0.2) is 0 Å². The summed E-state index contributed by atoms with van der Waals surface area (Å²) in [6.07, 6.45) is 4.19. The maximum atomic E-state index is 12.9. The SMILES string of the molecule is CCCCOB(OCCCC)c1ccc(F)cc1. The molecule has 0 spiro atoms. The first-order valence-corrected chi connectivity index (χ1v) is 6.76. The van der Waals surface area contributed by atoms with Crippen molar-refractivity contribution in [3.8, 4) is 0 Å². The molecule has 0 bridgehead atoms. The second-order valence-electron chi connectivity index (χ2n) is 4.33. The van der Waals surface area contributed by atoms with Crippen LogP contribution >= 0.6 is 0 Å². The molecule has 18 heavy (non-hydrogen) atoms. The minimum atomic E-state index is -0.372. The summed E-state index contributed by atoms with van der Waals surface area (Å²) in [5.41, 5.74) is 0.878. The van der Waals surface area contributed by atoms with E-state index < -0.39 is 0 Å². The molecule has 2 nitrogen and oxygen atoms in total. The molecule has 1 aromatic rings. The average Bonchev–Trinajstić information content (AvgIpc) is 2.38. The largest absolute Gasteiger partial charge is 0.493 e. The third kappa shape index (κ3) is 5.65. The molecular formula is C14H22BFO2. The Balaban J connectivity index is 2.54. The number of rotatable bonds is 9. The first kappa shape index (κ1) is 15.2. The van der Waals surface area contributed by atoms with Gasteiger partial charge in [0, 0.05) is 13.2 Å². The summed E-state index contributed by atoms with van der Waals surface area (Å²) < 4.78 is 24.3. The van der Waals surface area contributed by atoms with Crippen LogP contribution in [0.1, 0.15) is 39.5 Å². The Kier molecular flexibility index (Phi) is 7.69.